The van der Waals surface area contributed by atoms with Crippen LogP contribution in [0.4, 0.5) is 0 Å². The van der Waals surface area contributed by atoms with E-state index in [2.05, 4.69) is 0 Å². The van der Waals surface area contributed by atoms with Crippen molar-refractivity contribution in [1.82, 2.24) is 0 Å². The van der Waals surface area contributed by atoms with Crippen LogP contribution >= 0.6 is 0 Å². The number of methoxy groups -OCH3 is 6. The third-order valence-corrected chi connectivity index (χ3v) is 7.01. The molecule has 8 heteroatoms. The Kier molecular flexibility index (Phi) is 10.9. The highest BCUT2D eigenvalue weighted by molar-refractivity contribution is 6.05. The first-order chi connectivity index (χ1) is 18.1. The Labute approximate surface area is 226 Å². The predicted molar refractivity (Wildman–Crippen MR) is 147 cm³/mol. The van der Waals surface area contributed by atoms with E-state index in [4.69, 9.17) is 28.4 Å². The summed E-state index contributed by atoms with van der Waals surface area (Å²) in [5, 5.41) is 0. The van der Waals surface area contributed by atoms with Crippen LogP contribution < -0.4 is 28.4 Å². The van der Waals surface area contributed by atoms with E-state index in [9.17, 15) is 9.59 Å². The number of rotatable bonds is 14. The highest BCUT2D eigenvalue weighted by atomic mass is 16.5. The van der Waals surface area contributed by atoms with Crippen LogP contribution in [0, 0.1) is 19.8 Å². The van der Waals surface area contributed by atoms with Crippen molar-refractivity contribution in [2.45, 2.75) is 60.3 Å². The van der Waals surface area contributed by atoms with E-state index in [0.29, 0.717) is 87.1 Å². The molecule has 0 radical (unpaired) electrons. The number of benzene rings is 2. The summed E-state index contributed by atoms with van der Waals surface area (Å²) < 4.78 is 34.8. The summed E-state index contributed by atoms with van der Waals surface area (Å²) in [4.78, 5) is 26.9. The molecule has 8 nitrogen and oxygen atoms in total. The van der Waals surface area contributed by atoms with Crippen molar-refractivity contribution in [2.24, 2.45) is 5.92 Å². The standard InChI is InChI=1S/C30H42O8/c1-12-14-21(31)22-27(35-8)17(4)25(33-6)19(29(22)37-10)15-20-26(34-7)18(5)28(36-9)23(30(20)38-11)24(32)16(3)13-2/h16H,12-15H2,1-11H3. The molecule has 0 aliphatic rings. The summed E-state index contributed by atoms with van der Waals surface area (Å²) in [5.41, 5.74) is 3.31. The lowest BCUT2D eigenvalue weighted by Crippen LogP contribution is -2.17. The first-order valence-electron chi connectivity index (χ1n) is 12.8. The Hall–Kier alpha value is -3.42. The molecule has 0 saturated carbocycles. The Morgan fingerprint density at radius 2 is 1.03 bits per heavy atom. The van der Waals surface area contributed by atoms with Gasteiger partial charge in [-0.3, -0.25) is 9.59 Å². The van der Waals surface area contributed by atoms with Gasteiger partial charge in [-0.15, -0.1) is 0 Å². The minimum atomic E-state index is -0.246. The lowest BCUT2D eigenvalue weighted by molar-refractivity contribution is 0.0919. The van der Waals surface area contributed by atoms with Crippen LogP contribution in [-0.2, 0) is 6.42 Å². The highest BCUT2D eigenvalue weighted by Gasteiger charge is 2.33. The van der Waals surface area contributed by atoms with Gasteiger partial charge in [-0.1, -0.05) is 20.8 Å². The first kappa shape index (κ1) is 30.8. The van der Waals surface area contributed by atoms with Gasteiger partial charge in [0, 0.05) is 41.0 Å². The van der Waals surface area contributed by atoms with Gasteiger partial charge in [0.25, 0.3) is 0 Å². The lowest BCUT2D eigenvalue weighted by atomic mass is 9.88. The number of hydrogen-bond donors (Lipinski definition) is 0. The van der Waals surface area contributed by atoms with Gasteiger partial charge in [0.1, 0.15) is 45.6 Å². The molecule has 1 unspecified atom stereocenters. The third kappa shape index (κ3) is 5.40. The van der Waals surface area contributed by atoms with Crippen molar-refractivity contribution < 1.29 is 38.0 Å². The van der Waals surface area contributed by atoms with Crippen molar-refractivity contribution in [1.29, 1.82) is 0 Å². The van der Waals surface area contributed by atoms with Crippen molar-refractivity contribution in [3.05, 3.63) is 33.4 Å². The van der Waals surface area contributed by atoms with Crippen molar-refractivity contribution in [3.8, 4) is 34.5 Å². The second kappa shape index (κ2) is 13.4. The molecule has 0 spiro atoms. The van der Waals surface area contributed by atoms with E-state index < -0.39 is 0 Å². The quantitative estimate of drug-likeness (QED) is 0.268. The van der Waals surface area contributed by atoms with Crippen LogP contribution in [0.5, 0.6) is 34.5 Å². The predicted octanol–water partition coefficient (Wildman–Crippen LogP) is 6.16. The van der Waals surface area contributed by atoms with Crippen molar-refractivity contribution >= 4 is 11.6 Å². The fourth-order valence-corrected chi connectivity index (χ4v) is 5.02. The average molecular weight is 531 g/mol. The Balaban J connectivity index is 3.06. The van der Waals surface area contributed by atoms with Gasteiger partial charge < -0.3 is 28.4 Å². The molecule has 0 aliphatic carbocycles. The maximum atomic E-state index is 13.6. The molecule has 0 heterocycles. The molecule has 0 aliphatic heterocycles. The van der Waals surface area contributed by atoms with Crippen molar-refractivity contribution in [3.63, 3.8) is 0 Å². The van der Waals surface area contributed by atoms with Crippen LogP contribution in [-0.4, -0.2) is 54.2 Å². The zero-order valence-corrected chi connectivity index (χ0v) is 24.7. The maximum absolute atomic E-state index is 13.6. The summed E-state index contributed by atoms with van der Waals surface area (Å²) >= 11 is 0. The number of carbonyl (C=O) groups excluding carboxylic acids is 2. The maximum Gasteiger partial charge on any atom is 0.173 e. The molecule has 210 valence electrons. The van der Waals surface area contributed by atoms with E-state index in [-0.39, 0.29) is 23.9 Å². The van der Waals surface area contributed by atoms with Crippen LogP contribution in [0.3, 0.4) is 0 Å². The van der Waals surface area contributed by atoms with Gasteiger partial charge in [0.05, 0.1) is 42.7 Å². The zero-order chi connectivity index (χ0) is 28.7. The summed E-state index contributed by atoms with van der Waals surface area (Å²) in [6.45, 7) is 9.47. The second-order valence-electron chi connectivity index (χ2n) is 9.18. The monoisotopic (exact) mass is 530 g/mol. The van der Waals surface area contributed by atoms with E-state index >= 15 is 0 Å². The van der Waals surface area contributed by atoms with E-state index in [1.807, 2.05) is 34.6 Å². The van der Waals surface area contributed by atoms with E-state index in [1.54, 1.807) is 14.2 Å². The van der Waals surface area contributed by atoms with Gasteiger partial charge in [0.2, 0.25) is 0 Å². The van der Waals surface area contributed by atoms with Crippen LogP contribution in [0.2, 0.25) is 0 Å². The average Bonchev–Trinajstić information content (AvgIpc) is 2.91. The number of hydrogen-bond acceptors (Lipinski definition) is 8. The highest BCUT2D eigenvalue weighted by Crippen LogP contribution is 2.49. The largest absolute Gasteiger partial charge is 0.496 e. The van der Waals surface area contributed by atoms with Gasteiger partial charge in [0.15, 0.2) is 11.6 Å². The molecule has 1 atom stereocenters. The third-order valence-electron chi connectivity index (χ3n) is 7.01. The molecule has 0 amide bonds. The molecular weight excluding hydrogens is 488 g/mol. The number of ketones is 2. The van der Waals surface area contributed by atoms with Gasteiger partial charge in [-0.05, 0) is 26.7 Å². The molecule has 0 N–H and O–H groups in total. The Bertz CT molecular complexity index is 1180. The SMILES string of the molecule is CCCC(=O)c1c(OC)c(C)c(OC)c(Cc2c(OC)c(C)c(OC)c(C(=O)C(C)CC)c2OC)c1OC. The zero-order valence-electron chi connectivity index (χ0n) is 24.7. The number of carbonyl (C=O) groups is 2. The molecule has 0 saturated heterocycles. The Morgan fingerprint density at radius 3 is 1.39 bits per heavy atom. The van der Waals surface area contributed by atoms with Crippen LogP contribution in [0.15, 0.2) is 0 Å². The summed E-state index contributed by atoms with van der Waals surface area (Å²) in [6.07, 6.45) is 1.86. The van der Waals surface area contributed by atoms with E-state index in [1.165, 1.54) is 28.4 Å². The summed E-state index contributed by atoms with van der Waals surface area (Å²) in [5.74, 6) is 2.14. The molecule has 2 aromatic rings. The number of Topliss-reactive ketones (excluding diaryl/α,β-unsaturated/α-hetero) is 2. The van der Waals surface area contributed by atoms with Crippen LogP contribution in [0.1, 0.15) is 83.0 Å². The Morgan fingerprint density at radius 1 is 0.632 bits per heavy atom. The minimum Gasteiger partial charge on any atom is -0.496 e. The summed E-state index contributed by atoms with van der Waals surface area (Å²) in [7, 11) is 9.20. The molecule has 38 heavy (non-hydrogen) atoms. The topological polar surface area (TPSA) is 89.5 Å². The minimum absolute atomic E-state index is 0.0862. The molecular formula is C30H42O8. The first-order valence-corrected chi connectivity index (χ1v) is 12.8. The molecule has 0 aromatic heterocycles. The normalized spacial score (nSPS) is 11.6. The van der Waals surface area contributed by atoms with Crippen molar-refractivity contribution in [2.75, 3.05) is 42.7 Å². The fourth-order valence-electron chi connectivity index (χ4n) is 5.02. The van der Waals surface area contributed by atoms with Crippen LogP contribution in [0.25, 0.3) is 0 Å². The molecule has 2 rings (SSSR count). The van der Waals surface area contributed by atoms with Gasteiger partial charge in [-0.2, -0.15) is 0 Å². The second-order valence-corrected chi connectivity index (χ2v) is 9.18. The van der Waals surface area contributed by atoms with Gasteiger partial charge in [-0.25, -0.2) is 0 Å². The van der Waals surface area contributed by atoms with Gasteiger partial charge >= 0.3 is 0 Å². The smallest absolute Gasteiger partial charge is 0.173 e. The fraction of sp³-hybridized carbons (Fsp3) is 0.533. The molecule has 2 aromatic carbocycles. The summed E-state index contributed by atoms with van der Waals surface area (Å²) in [6, 6.07) is 0. The van der Waals surface area contributed by atoms with E-state index in [0.717, 1.165) is 0 Å². The lowest BCUT2D eigenvalue weighted by Gasteiger charge is -2.26. The molecule has 0 bridgehead atoms. The number of ether oxygens (including phenoxy) is 6. The molecule has 0 fully saturated rings.